The molecule has 4 rings (SSSR count). The van der Waals surface area contributed by atoms with Gasteiger partial charge in [0.15, 0.2) is 11.5 Å². The molecule has 1 aliphatic rings. The Morgan fingerprint density at radius 3 is 2.23 bits per heavy atom. The molecule has 0 saturated carbocycles. The van der Waals surface area contributed by atoms with Crippen LogP contribution in [0, 0.1) is 0 Å². The molecule has 0 spiro atoms. The monoisotopic (exact) mass is 477 g/mol. The second-order valence-corrected chi connectivity index (χ2v) is 8.51. The van der Waals surface area contributed by atoms with Crippen LogP contribution in [-0.4, -0.2) is 63.7 Å². The Balaban J connectivity index is 1.30. The molecule has 1 heterocycles. The van der Waals surface area contributed by atoms with Crippen LogP contribution in [0.15, 0.2) is 54.6 Å². The molecule has 184 valence electrons. The number of amides is 2. The highest BCUT2D eigenvalue weighted by atomic mass is 16.5. The van der Waals surface area contributed by atoms with Gasteiger partial charge in [-0.3, -0.25) is 14.5 Å². The van der Waals surface area contributed by atoms with Gasteiger partial charge in [0.1, 0.15) is 0 Å². The minimum atomic E-state index is -0.198. The molecule has 8 heteroatoms. The molecule has 35 heavy (non-hydrogen) atoms. The number of carbonyl (C=O) groups excluding carboxylic acids is 2. The minimum Gasteiger partial charge on any atom is -0.493 e. The van der Waals surface area contributed by atoms with Crippen molar-refractivity contribution in [3.8, 4) is 17.2 Å². The van der Waals surface area contributed by atoms with Crippen molar-refractivity contribution >= 4 is 28.3 Å². The number of ether oxygens (including phenoxy) is 3. The van der Waals surface area contributed by atoms with E-state index >= 15 is 0 Å². The van der Waals surface area contributed by atoms with E-state index in [9.17, 15) is 9.59 Å². The van der Waals surface area contributed by atoms with Crippen LogP contribution in [0.5, 0.6) is 17.2 Å². The first kappa shape index (κ1) is 24.3. The van der Waals surface area contributed by atoms with E-state index in [1.54, 1.807) is 12.1 Å². The second-order valence-electron chi connectivity index (χ2n) is 8.51. The van der Waals surface area contributed by atoms with Gasteiger partial charge in [-0.1, -0.05) is 36.4 Å². The number of likely N-dealkylation sites (tertiary alicyclic amines) is 1. The fourth-order valence-corrected chi connectivity index (χ4v) is 4.44. The smallest absolute Gasteiger partial charge is 0.251 e. The number of benzene rings is 3. The maximum Gasteiger partial charge on any atom is 0.251 e. The van der Waals surface area contributed by atoms with Crippen molar-refractivity contribution in [1.29, 1.82) is 0 Å². The summed E-state index contributed by atoms with van der Waals surface area (Å²) in [5, 5.41) is 8.25. The van der Waals surface area contributed by atoms with E-state index in [1.807, 2.05) is 42.5 Å². The number of hydrogen-bond acceptors (Lipinski definition) is 6. The Kier molecular flexibility index (Phi) is 7.72. The predicted octanol–water partition coefficient (Wildman–Crippen LogP) is 3.70. The van der Waals surface area contributed by atoms with Gasteiger partial charge in [-0.2, -0.15) is 0 Å². The predicted molar refractivity (Wildman–Crippen MR) is 136 cm³/mol. The Morgan fingerprint density at radius 2 is 1.57 bits per heavy atom. The molecule has 3 aromatic rings. The van der Waals surface area contributed by atoms with Crippen LogP contribution in [-0.2, 0) is 4.79 Å². The lowest BCUT2D eigenvalue weighted by atomic mass is 10.0. The fourth-order valence-electron chi connectivity index (χ4n) is 4.44. The Labute approximate surface area is 205 Å². The maximum atomic E-state index is 12.9. The number of nitrogens with one attached hydrogen (secondary N) is 2. The first-order valence-corrected chi connectivity index (χ1v) is 11.6. The zero-order valence-corrected chi connectivity index (χ0v) is 20.3. The van der Waals surface area contributed by atoms with E-state index in [4.69, 9.17) is 14.2 Å². The molecule has 1 fully saturated rings. The van der Waals surface area contributed by atoms with E-state index in [-0.39, 0.29) is 17.9 Å². The average Bonchev–Trinajstić information content (AvgIpc) is 2.89. The summed E-state index contributed by atoms with van der Waals surface area (Å²) in [6.45, 7) is 1.77. The molecular weight excluding hydrogens is 446 g/mol. The molecule has 0 aliphatic carbocycles. The van der Waals surface area contributed by atoms with Gasteiger partial charge >= 0.3 is 0 Å². The molecule has 2 N–H and O–H groups in total. The highest BCUT2D eigenvalue weighted by molar-refractivity contribution is 6.02. The number of methoxy groups -OCH3 is 3. The number of piperidine rings is 1. The number of hydrogen-bond donors (Lipinski definition) is 2. The molecule has 1 aliphatic heterocycles. The molecule has 0 atom stereocenters. The van der Waals surface area contributed by atoms with E-state index in [0.29, 0.717) is 29.4 Å². The van der Waals surface area contributed by atoms with Gasteiger partial charge in [0.25, 0.3) is 5.91 Å². The summed E-state index contributed by atoms with van der Waals surface area (Å²) in [6, 6.07) is 17.2. The van der Waals surface area contributed by atoms with Crippen molar-refractivity contribution in [1.82, 2.24) is 10.2 Å². The van der Waals surface area contributed by atoms with Gasteiger partial charge in [0.05, 0.1) is 27.9 Å². The van der Waals surface area contributed by atoms with Crippen molar-refractivity contribution in [2.45, 2.75) is 18.9 Å². The third kappa shape index (κ3) is 5.66. The average molecular weight is 478 g/mol. The molecule has 3 aromatic carbocycles. The van der Waals surface area contributed by atoms with Crippen LogP contribution in [0.25, 0.3) is 10.8 Å². The molecule has 0 radical (unpaired) electrons. The van der Waals surface area contributed by atoms with E-state index < -0.39 is 0 Å². The van der Waals surface area contributed by atoms with Crippen molar-refractivity contribution in [2.24, 2.45) is 0 Å². The molecule has 8 nitrogen and oxygen atoms in total. The Morgan fingerprint density at radius 1 is 0.914 bits per heavy atom. The van der Waals surface area contributed by atoms with Gasteiger partial charge in [0, 0.05) is 35.8 Å². The van der Waals surface area contributed by atoms with Crippen LogP contribution in [0.1, 0.15) is 23.2 Å². The van der Waals surface area contributed by atoms with E-state index in [0.717, 1.165) is 42.4 Å². The number of rotatable bonds is 8. The number of anilines is 1. The third-order valence-electron chi connectivity index (χ3n) is 6.28. The summed E-state index contributed by atoms with van der Waals surface area (Å²) in [4.78, 5) is 27.7. The third-order valence-corrected chi connectivity index (χ3v) is 6.28. The molecule has 0 aromatic heterocycles. The van der Waals surface area contributed by atoms with Crippen LogP contribution < -0.4 is 24.8 Å². The SMILES string of the molecule is COc1cc(C(=O)NC2CCN(CC(=O)Nc3cccc4ccccc34)CC2)cc(OC)c1OC. The second kappa shape index (κ2) is 11.1. The van der Waals surface area contributed by atoms with Gasteiger partial charge < -0.3 is 24.8 Å². The first-order chi connectivity index (χ1) is 17.0. The lowest BCUT2D eigenvalue weighted by Crippen LogP contribution is -2.46. The Bertz CT molecular complexity index is 1170. The highest BCUT2D eigenvalue weighted by Crippen LogP contribution is 2.38. The quantitative estimate of drug-likeness (QED) is 0.514. The zero-order valence-electron chi connectivity index (χ0n) is 20.3. The summed E-state index contributed by atoms with van der Waals surface area (Å²) >= 11 is 0. The lowest BCUT2D eigenvalue weighted by molar-refractivity contribution is -0.117. The highest BCUT2D eigenvalue weighted by Gasteiger charge is 2.24. The normalized spacial score (nSPS) is 14.4. The van der Waals surface area contributed by atoms with Crippen LogP contribution >= 0.6 is 0 Å². The molecule has 0 bridgehead atoms. The topological polar surface area (TPSA) is 89.1 Å². The summed E-state index contributed by atoms with van der Waals surface area (Å²) in [5.74, 6) is 1.08. The standard InChI is InChI=1S/C27H31N3O5/c1-33-23-15-19(16-24(34-2)26(23)35-3)27(32)28-20-11-13-30(14-12-20)17-25(31)29-22-10-6-8-18-7-4-5-9-21(18)22/h4-10,15-16,20H,11-14,17H2,1-3H3,(H,28,32)(H,29,31). The summed E-state index contributed by atoms with van der Waals surface area (Å²) in [7, 11) is 4.56. The van der Waals surface area contributed by atoms with Gasteiger partial charge in [-0.25, -0.2) is 0 Å². The fraction of sp³-hybridized carbons (Fsp3) is 0.333. The Hall–Kier alpha value is -3.78. The summed E-state index contributed by atoms with van der Waals surface area (Å²) in [6.07, 6.45) is 1.52. The lowest BCUT2D eigenvalue weighted by Gasteiger charge is -2.32. The molecular formula is C27H31N3O5. The van der Waals surface area contributed by atoms with Crippen molar-refractivity contribution < 1.29 is 23.8 Å². The molecule has 0 unspecified atom stereocenters. The van der Waals surface area contributed by atoms with Gasteiger partial charge in [0.2, 0.25) is 11.7 Å². The molecule has 2 amide bonds. The summed E-state index contributed by atoms with van der Waals surface area (Å²) < 4.78 is 16.0. The number of nitrogens with zero attached hydrogens (tertiary/aromatic N) is 1. The van der Waals surface area contributed by atoms with E-state index in [2.05, 4.69) is 15.5 Å². The minimum absolute atomic E-state index is 0.0268. The summed E-state index contributed by atoms with van der Waals surface area (Å²) in [5.41, 5.74) is 1.26. The van der Waals surface area contributed by atoms with Crippen LogP contribution in [0.2, 0.25) is 0 Å². The first-order valence-electron chi connectivity index (χ1n) is 11.6. The maximum absolute atomic E-state index is 12.9. The van der Waals surface area contributed by atoms with Crippen LogP contribution in [0.3, 0.4) is 0 Å². The van der Waals surface area contributed by atoms with Crippen molar-refractivity contribution in [2.75, 3.05) is 46.3 Å². The van der Waals surface area contributed by atoms with Crippen molar-refractivity contribution in [3.63, 3.8) is 0 Å². The van der Waals surface area contributed by atoms with Gasteiger partial charge in [-0.05, 0) is 36.4 Å². The van der Waals surface area contributed by atoms with E-state index in [1.165, 1.54) is 21.3 Å². The zero-order chi connectivity index (χ0) is 24.8. The molecule has 1 saturated heterocycles. The number of fused-ring (bicyclic) bond motifs is 1. The van der Waals surface area contributed by atoms with Crippen molar-refractivity contribution in [3.05, 3.63) is 60.2 Å². The van der Waals surface area contributed by atoms with Gasteiger partial charge in [-0.15, -0.1) is 0 Å². The van der Waals surface area contributed by atoms with Crippen LogP contribution in [0.4, 0.5) is 5.69 Å². The number of carbonyl (C=O) groups is 2. The largest absolute Gasteiger partial charge is 0.493 e.